The first kappa shape index (κ1) is 13.0. The normalized spacial score (nSPS) is 51.4. The fourth-order valence-corrected chi connectivity index (χ4v) is 6.43. The number of Topliss-reactive ketones (excluding diaryl/α,β-unsaturated/α-hetero) is 2. The van der Waals surface area contributed by atoms with Gasteiger partial charge in [0.25, 0.3) is 0 Å². The standard InChI is InChI=1S/C18H26O2/c1-18-9-8-14-13-5-3-12(19)10-11(13)2-4-15(14)16(18)6-7-17(18)20/h11,13-16H,2-10H2,1H3/t11-,13+,14?,15?,16?,18+/m1/s1. The summed E-state index contributed by atoms with van der Waals surface area (Å²) >= 11 is 0. The number of hydrogen-bond acceptors (Lipinski definition) is 2. The number of hydrogen-bond donors (Lipinski definition) is 0. The highest BCUT2D eigenvalue weighted by molar-refractivity contribution is 5.87. The van der Waals surface area contributed by atoms with Crippen LogP contribution in [-0.4, -0.2) is 11.6 Å². The van der Waals surface area contributed by atoms with Gasteiger partial charge in [-0.05, 0) is 68.1 Å². The zero-order chi connectivity index (χ0) is 13.9. The van der Waals surface area contributed by atoms with Crippen LogP contribution in [0.4, 0.5) is 0 Å². The second-order valence-corrected chi connectivity index (χ2v) is 8.13. The monoisotopic (exact) mass is 274 g/mol. The van der Waals surface area contributed by atoms with E-state index in [0.717, 1.165) is 56.3 Å². The van der Waals surface area contributed by atoms with Gasteiger partial charge in [-0.3, -0.25) is 9.59 Å². The molecule has 0 spiro atoms. The van der Waals surface area contributed by atoms with Crippen LogP contribution in [0.25, 0.3) is 0 Å². The van der Waals surface area contributed by atoms with E-state index >= 15 is 0 Å². The topological polar surface area (TPSA) is 34.1 Å². The third kappa shape index (κ3) is 1.69. The molecule has 2 nitrogen and oxygen atoms in total. The molecule has 3 unspecified atom stereocenters. The fraction of sp³-hybridized carbons (Fsp3) is 0.889. The lowest BCUT2D eigenvalue weighted by atomic mass is 9.50. The first-order valence-electron chi connectivity index (χ1n) is 8.64. The van der Waals surface area contributed by atoms with E-state index in [0.29, 0.717) is 23.4 Å². The third-order valence-corrected chi connectivity index (χ3v) is 7.47. The number of carbonyl (C=O) groups is 2. The summed E-state index contributed by atoms with van der Waals surface area (Å²) in [7, 11) is 0. The lowest BCUT2D eigenvalue weighted by Gasteiger charge is -2.53. The minimum Gasteiger partial charge on any atom is -0.300 e. The molecule has 110 valence electrons. The van der Waals surface area contributed by atoms with Gasteiger partial charge in [-0.25, -0.2) is 0 Å². The first-order chi connectivity index (χ1) is 9.59. The molecular formula is C18H26O2. The summed E-state index contributed by atoms with van der Waals surface area (Å²) < 4.78 is 0. The van der Waals surface area contributed by atoms with Crippen LogP contribution in [0.2, 0.25) is 0 Å². The van der Waals surface area contributed by atoms with Gasteiger partial charge < -0.3 is 0 Å². The zero-order valence-electron chi connectivity index (χ0n) is 12.6. The van der Waals surface area contributed by atoms with Gasteiger partial charge in [0.1, 0.15) is 11.6 Å². The highest BCUT2D eigenvalue weighted by Gasteiger charge is 2.56. The van der Waals surface area contributed by atoms with Crippen LogP contribution in [0.1, 0.15) is 64.7 Å². The van der Waals surface area contributed by atoms with Crippen molar-refractivity contribution in [2.24, 2.45) is 35.0 Å². The molecule has 0 aromatic heterocycles. The maximum atomic E-state index is 12.3. The van der Waals surface area contributed by atoms with Crippen LogP contribution >= 0.6 is 0 Å². The Labute approximate surface area is 121 Å². The molecule has 20 heavy (non-hydrogen) atoms. The van der Waals surface area contributed by atoms with Gasteiger partial charge in [0.05, 0.1) is 0 Å². The van der Waals surface area contributed by atoms with Gasteiger partial charge >= 0.3 is 0 Å². The lowest BCUT2D eigenvalue weighted by Crippen LogP contribution is -2.48. The van der Waals surface area contributed by atoms with Crippen molar-refractivity contribution in [2.75, 3.05) is 0 Å². The molecule has 0 saturated heterocycles. The molecule has 0 aliphatic heterocycles. The van der Waals surface area contributed by atoms with Crippen molar-refractivity contribution in [1.29, 1.82) is 0 Å². The average molecular weight is 274 g/mol. The van der Waals surface area contributed by atoms with E-state index in [1.807, 2.05) is 0 Å². The van der Waals surface area contributed by atoms with Crippen LogP contribution < -0.4 is 0 Å². The third-order valence-electron chi connectivity index (χ3n) is 7.47. The van der Waals surface area contributed by atoms with Crippen molar-refractivity contribution in [3.8, 4) is 0 Å². The van der Waals surface area contributed by atoms with Crippen molar-refractivity contribution < 1.29 is 9.59 Å². The summed E-state index contributed by atoms with van der Waals surface area (Å²) in [6.45, 7) is 2.25. The highest BCUT2D eigenvalue weighted by atomic mass is 16.1. The maximum absolute atomic E-state index is 12.3. The second-order valence-electron chi connectivity index (χ2n) is 8.13. The van der Waals surface area contributed by atoms with Crippen molar-refractivity contribution in [2.45, 2.75) is 64.7 Å². The van der Waals surface area contributed by atoms with Crippen LogP contribution in [0.5, 0.6) is 0 Å². The summed E-state index contributed by atoms with van der Waals surface area (Å²) in [5, 5.41) is 0. The van der Waals surface area contributed by atoms with Gasteiger partial charge in [0.2, 0.25) is 0 Å². The number of carbonyl (C=O) groups excluding carboxylic acids is 2. The smallest absolute Gasteiger partial charge is 0.139 e. The summed E-state index contributed by atoms with van der Waals surface area (Å²) in [5.41, 5.74) is 0.0124. The SMILES string of the molecule is C[C@]12CCC3C(CC[C@@H]4CC(=O)CC[C@H]34)C1CCC2=O. The second kappa shape index (κ2) is 4.42. The van der Waals surface area contributed by atoms with E-state index < -0.39 is 0 Å². The van der Waals surface area contributed by atoms with Gasteiger partial charge in [-0.2, -0.15) is 0 Å². The van der Waals surface area contributed by atoms with Crippen LogP contribution in [0, 0.1) is 35.0 Å². The average Bonchev–Trinajstić information content (AvgIpc) is 2.74. The summed E-state index contributed by atoms with van der Waals surface area (Å²) in [5.74, 6) is 4.79. The number of ketones is 2. The largest absolute Gasteiger partial charge is 0.300 e. The van der Waals surface area contributed by atoms with Crippen molar-refractivity contribution >= 4 is 11.6 Å². The predicted molar refractivity (Wildman–Crippen MR) is 77.1 cm³/mol. The van der Waals surface area contributed by atoms with Crippen LogP contribution in [-0.2, 0) is 9.59 Å². The molecule has 0 aromatic carbocycles. The van der Waals surface area contributed by atoms with Crippen molar-refractivity contribution in [3.05, 3.63) is 0 Å². The molecule has 4 aliphatic rings. The number of rotatable bonds is 0. The number of fused-ring (bicyclic) bond motifs is 5. The summed E-state index contributed by atoms with van der Waals surface area (Å²) in [6, 6.07) is 0. The Hall–Kier alpha value is -0.660. The van der Waals surface area contributed by atoms with Gasteiger partial charge in [-0.1, -0.05) is 6.92 Å². The molecule has 4 aliphatic carbocycles. The molecule has 0 bridgehead atoms. The van der Waals surface area contributed by atoms with E-state index in [1.54, 1.807) is 0 Å². The summed E-state index contributed by atoms with van der Waals surface area (Å²) in [4.78, 5) is 24.0. The zero-order valence-corrected chi connectivity index (χ0v) is 12.6. The Morgan fingerprint density at radius 3 is 2.60 bits per heavy atom. The molecule has 4 fully saturated rings. The molecule has 6 atom stereocenters. The fourth-order valence-electron chi connectivity index (χ4n) is 6.43. The molecule has 4 saturated carbocycles. The minimum absolute atomic E-state index is 0.0124. The Kier molecular flexibility index (Phi) is 2.88. The highest BCUT2D eigenvalue weighted by Crippen LogP contribution is 2.61. The van der Waals surface area contributed by atoms with Gasteiger partial charge in [0, 0.05) is 24.7 Å². The molecule has 2 heteroatoms. The summed E-state index contributed by atoms with van der Waals surface area (Å²) in [6.07, 6.45) is 9.70. The Morgan fingerprint density at radius 2 is 1.75 bits per heavy atom. The van der Waals surface area contributed by atoms with E-state index in [1.165, 1.54) is 19.3 Å². The van der Waals surface area contributed by atoms with Gasteiger partial charge in [0.15, 0.2) is 0 Å². The van der Waals surface area contributed by atoms with E-state index in [-0.39, 0.29) is 5.41 Å². The Bertz CT molecular complexity index is 454. The van der Waals surface area contributed by atoms with Crippen molar-refractivity contribution in [1.82, 2.24) is 0 Å². The van der Waals surface area contributed by atoms with E-state index in [2.05, 4.69) is 6.92 Å². The maximum Gasteiger partial charge on any atom is 0.139 e. The van der Waals surface area contributed by atoms with E-state index in [4.69, 9.17) is 0 Å². The van der Waals surface area contributed by atoms with Crippen LogP contribution in [0.15, 0.2) is 0 Å². The van der Waals surface area contributed by atoms with Crippen LogP contribution in [0.3, 0.4) is 0 Å². The Balaban J connectivity index is 1.59. The molecule has 4 rings (SSSR count). The molecule has 0 aromatic rings. The molecule has 0 heterocycles. The first-order valence-corrected chi connectivity index (χ1v) is 8.64. The lowest BCUT2D eigenvalue weighted by molar-refractivity contribution is -0.134. The molecule has 0 radical (unpaired) electrons. The predicted octanol–water partition coefficient (Wildman–Crippen LogP) is 3.78. The minimum atomic E-state index is 0.0124. The molecule has 0 N–H and O–H groups in total. The van der Waals surface area contributed by atoms with E-state index in [9.17, 15) is 9.59 Å². The van der Waals surface area contributed by atoms with Crippen molar-refractivity contribution in [3.63, 3.8) is 0 Å². The van der Waals surface area contributed by atoms with Gasteiger partial charge in [-0.15, -0.1) is 0 Å². The quantitative estimate of drug-likeness (QED) is 0.673. The molecule has 0 amide bonds. The molecular weight excluding hydrogens is 248 g/mol. The Morgan fingerprint density at radius 1 is 0.900 bits per heavy atom.